The lowest BCUT2D eigenvalue weighted by atomic mass is 9.96. The third kappa shape index (κ3) is 5.91. The maximum Gasteiger partial charge on any atom is 0.145 e. The molecular formula is C56H37NO. The van der Waals surface area contributed by atoms with E-state index >= 15 is 0 Å². The lowest BCUT2D eigenvalue weighted by molar-refractivity contribution is 0.670. The molecular weight excluding hydrogens is 703 g/mol. The molecule has 10 aromatic carbocycles. The number of anilines is 3. The Morgan fingerprint density at radius 3 is 1.60 bits per heavy atom. The molecule has 0 saturated heterocycles. The highest BCUT2D eigenvalue weighted by molar-refractivity contribution is 6.17. The summed E-state index contributed by atoms with van der Waals surface area (Å²) in [5.74, 6) is 0. The second-order valence-electron chi connectivity index (χ2n) is 14.9. The molecule has 2 heteroatoms. The molecule has 1 aromatic heterocycles. The number of fused-ring (bicyclic) bond motifs is 5. The molecule has 11 aromatic rings. The summed E-state index contributed by atoms with van der Waals surface area (Å²) < 4.78 is 6.87. The second kappa shape index (κ2) is 14.1. The first-order valence-corrected chi connectivity index (χ1v) is 19.8. The molecule has 58 heavy (non-hydrogen) atoms. The highest BCUT2D eigenvalue weighted by Crippen LogP contribution is 2.48. The summed E-state index contributed by atoms with van der Waals surface area (Å²) in [5.41, 5.74) is 14.2. The SMILES string of the molecule is c1ccc(-c2ccc(-c3ccccc3N(c3ccc(-c4ccc5ccccc5c4)cc3)c3ccc(-c4ccc5ccccc5c4)c4oc5ccccc5c34)cc2)cc1. The van der Waals surface area contributed by atoms with Crippen molar-refractivity contribution in [3.63, 3.8) is 0 Å². The summed E-state index contributed by atoms with van der Waals surface area (Å²) in [5, 5.41) is 7.06. The Balaban J connectivity index is 1.12. The predicted octanol–water partition coefficient (Wildman–Crippen LogP) is 16.0. The van der Waals surface area contributed by atoms with Crippen molar-refractivity contribution in [1.29, 1.82) is 0 Å². The van der Waals surface area contributed by atoms with E-state index in [1.807, 2.05) is 0 Å². The van der Waals surface area contributed by atoms with E-state index in [-0.39, 0.29) is 0 Å². The molecule has 0 fully saturated rings. The van der Waals surface area contributed by atoms with Crippen molar-refractivity contribution in [2.75, 3.05) is 4.90 Å². The summed E-state index contributed by atoms with van der Waals surface area (Å²) in [6.07, 6.45) is 0. The van der Waals surface area contributed by atoms with E-state index in [1.165, 1.54) is 43.8 Å². The molecule has 0 atom stereocenters. The number of para-hydroxylation sites is 2. The molecule has 11 rings (SSSR count). The van der Waals surface area contributed by atoms with Gasteiger partial charge in [-0.05, 0) is 103 Å². The summed E-state index contributed by atoms with van der Waals surface area (Å²) in [7, 11) is 0. The largest absolute Gasteiger partial charge is 0.455 e. The molecule has 0 aliphatic heterocycles. The summed E-state index contributed by atoms with van der Waals surface area (Å²) in [6.45, 7) is 0. The topological polar surface area (TPSA) is 16.4 Å². The number of furan rings is 1. The Kier molecular flexibility index (Phi) is 8.19. The van der Waals surface area contributed by atoms with Crippen LogP contribution in [0.2, 0.25) is 0 Å². The minimum atomic E-state index is 0.864. The van der Waals surface area contributed by atoms with Crippen LogP contribution in [0.1, 0.15) is 0 Å². The van der Waals surface area contributed by atoms with Gasteiger partial charge in [0, 0.05) is 22.2 Å². The number of hydrogen-bond donors (Lipinski definition) is 0. The smallest absolute Gasteiger partial charge is 0.145 e. The van der Waals surface area contributed by atoms with Gasteiger partial charge in [-0.3, -0.25) is 0 Å². The Hall–Kier alpha value is -7.68. The maximum atomic E-state index is 6.87. The van der Waals surface area contributed by atoms with E-state index in [2.05, 4.69) is 229 Å². The van der Waals surface area contributed by atoms with E-state index in [0.29, 0.717) is 0 Å². The van der Waals surface area contributed by atoms with Gasteiger partial charge in [-0.25, -0.2) is 0 Å². The van der Waals surface area contributed by atoms with Crippen LogP contribution in [0, 0.1) is 0 Å². The number of hydrogen-bond acceptors (Lipinski definition) is 2. The van der Waals surface area contributed by atoms with Crippen molar-refractivity contribution in [1.82, 2.24) is 0 Å². The molecule has 0 N–H and O–H groups in total. The van der Waals surface area contributed by atoms with Crippen LogP contribution in [0.4, 0.5) is 17.1 Å². The van der Waals surface area contributed by atoms with Crippen molar-refractivity contribution in [3.05, 3.63) is 224 Å². The van der Waals surface area contributed by atoms with Gasteiger partial charge < -0.3 is 9.32 Å². The zero-order chi connectivity index (χ0) is 38.4. The molecule has 0 bridgehead atoms. The molecule has 0 aliphatic rings. The first kappa shape index (κ1) is 33.6. The third-order valence-electron chi connectivity index (χ3n) is 11.5. The minimum Gasteiger partial charge on any atom is -0.455 e. The van der Waals surface area contributed by atoms with Gasteiger partial charge in [-0.1, -0.05) is 176 Å². The van der Waals surface area contributed by atoms with E-state index in [4.69, 9.17) is 4.42 Å². The number of benzene rings is 10. The highest BCUT2D eigenvalue weighted by Gasteiger charge is 2.24. The predicted molar refractivity (Wildman–Crippen MR) is 245 cm³/mol. The maximum absolute atomic E-state index is 6.87. The summed E-state index contributed by atoms with van der Waals surface area (Å²) >= 11 is 0. The lowest BCUT2D eigenvalue weighted by Gasteiger charge is -2.29. The number of rotatable bonds is 7. The van der Waals surface area contributed by atoms with Crippen molar-refractivity contribution in [2.24, 2.45) is 0 Å². The zero-order valence-corrected chi connectivity index (χ0v) is 31.7. The zero-order valence-electron chi connectivity index (χ0n) is 31.7. The first-order chi connectivity index (χ1) is 28.7. The van der Waals surface area contributed by atoms with Crippen molar-refractivity contribution < 1.29 is 4.42 Å². The van der Waals surface area contributed by atoms with E-state index < -0.39 is 0 Å². The Morgan fingerprint density at radius 2 is 0.845 bits per heavy atom. The average Bonchev–Trinajstić information content (AvgIpc) is 3.70. The quantitative estimate of drug-likeness (QED) is 0.162. The highest BCUT2D eigenvalue weighted by atomic mass is 16.3. The van der Waals surface area contributed by atoms with Gasteiger partial charge in [0.05, 0.1) is 16.8 Å². The Bertz CT molecular complexity index is 3270. The van der Waals surface area contributed by atoms with Gasteiger partial charge in [0.25, 0.3) is 0 Å². The normalized spacial score (nSPS) is 11.4. The molecule has 0 aliphatic carbocycles. The minimum absolute atomic E-state index is 0.864. The third-order valence-corrected chi connectivity index (χ3v) is 11.5. The van der Waals surface area contributed by atoms with Gasteiger partial charge in [-0.15, -0.1) is 0 Å². The van der Waals surface area contributed by atoms with E-state index in [9.17, 15) is 0 Å². The van der Waals surface area contributed by atoms with Crippen molar-refractivity contribution >= 4 is 60.5 Å². The van der Waals surface area contributed by atoms with Gasteiger partial charge in [0.1, 0.15) is 11.2 Å². The van der Waals surface area contributed by atoms with Crippen molar-refractivity contribution in [2.45, 2.75) is 0 Å². The fourth-order valence-electron chi connectivity index (χ4n) is 8.55. The standard InChI is InChI=1S/C56H37NO/c1-2-12-38(13-3-1)41-22-26-43(27-23-41)49-18-8-10-20-52(49)57(48-32-30-42(31-33-48)46-28-24-39-14-4-6-16-44(39)36-46)53-35-34-50(47-29-25-40-15-5-7-17-45(40)37-47)56-55(53)51-19-9-11-21-54(51)58-56/h1-37H. The lowest BCUT2D eigenvalue weighted by Crippen LogP contribution is -2.11. The molecule has 0 unspecified atom stereocenters. The molecule has 0 spiro atoms. The van der Waals surface area contributed by atoms with Gasteiger partial charge >= 0.3 is 0 Å². The fourth-order valence-corrected chi connectivity index (χ4v) is 8.55. The average molecular weight is 740 g/mol. The van der Waals surface area contributed by atoms with Crippen LogP contribution >= 0.6 is 0 Å². The van der Waals surface area contributed by atoms with E-state index in [1.54, 1.807) is 0 Å². The van der Waals surface area contributed by atoms with Gasteiger partial charge in [0.15, 0.2) is 0 Å². The Morgan fingerprint density at radius 1 is 0.310 bits per heavy atom. The summed E-state index contributed by atoms with van der Waals surface area (Å²) in [4.78, 5) is 2.42. The van der Waals surface area contributed by atoms with Crippen LogP contribution < -0.4 is 4.90 Å². The van der Waals surface area contributed by atoms with Crippen LogP contribution in [0.25, 0.3) is 88.0 Å². The fraction of sp³-hybridized carbons (Fsp3) is 0. The molecule has 0 amide bonds. The van der Waals surface area contributed by atoms with Crippen LogP contribution in [-0.4, -0.2) is 0 Å². The van der Waals surface area contributed by atoms with Gasteiger partial charge in [0.2, 0.25) is 0 Å². The molecule has 2 nitrogen and oxygen atoms in total. The monoisotopic (exact) mass is 739 g/mol. The molecule has 0 radical (unpaired) electrons. The van der Waals surface area contributed by atoms with E-state index in [0.717, 1.165) is 61.3 Å². The van der Waals surface area contributed by atoms with Gasteiger partial charge in [-0.2, -0.15) is 0 Å². The van der Waals surface area contributed by atoms with Crippen LogP contribution in [-0.2, 0) is 0 Å². The molecule has 0 saturated carbocycles. The molecule has 1 heterocycles. The first-order valence-electron chi connectivity index (χ1n) is 19.8. The van der Waals surface area contributed by atoms with Crippen LogP contribution in [0.15, 0.2) is 229 Å². The van der Waals surface area contributed by atoms with Crippen LogP contribution in [0.5, 0.6) is 0 Å². The Labute approximate surface area is 337 Å². The van der Waals surface area contributed by atoms with Crippen molar-refractivity contribution in [3.8, 4) is 44.5 Å². The summed E-state index contributed by atoms with van der Waals surface area (Å²) in [6, 6.07) is 80.7. The second-order valence-corrected chi connectivity index (χ2v) is 14.9. The molecule has 272 valence electrons. The van der Waals surface area contributed by atoms with Crippen LogP contribution in [0.3, 0.4) is 0 Å². The number of nitrogens with zero attached hydrogens (tertiary/aromatic N) is 1.